The van der Waals surface area contributed by atoms with Gasteiger partial charge in [0.15, 0.2) is 11.1 Å². The summed E-state index contributed by atoms with van der Waals surface area (Å²) in [5.41, 5.74) is 50.5. The molecule has 40 aromatic rings. The van der Waals surface area contributed by atoms with Crippen LogP contribution in [0.3, 0.4) is 0 Å². The van der Waals surface area contributed by atoms with Crippen molar-refractivity contribution in [3.05, 3.63) is 134 Å². The molecule has 0 N–H and O–H groups in total. The SMILES string of the molecule is C[N+]12CCN(CC1)C13c4c5c6c7c8c4c4c1c1c9c%10c%11c%12c(c5c5c6c6c%13c%14c%15c%16c%17c%18c%19c%20c%21c%22c%23c%24c%25c(c-%16c(c8c%25c4c%24c1c%22c9c1c%21c4c%19c(c%18%14)c8c%13c5c%12c8c4c%111)C7C%156)C%17C%23%20)C%1032.C[N+]12CCN(CC1)C13c4c5c6c7c8c4c4c1c1c9c%10c%11c%12c(c5c5c6c6c%13c%14c%15c%16c%17c%18c%19c%20c%21c%22c%23c%24c%25c(c-%16c(c8c%25c4c%24c1c%22c9c1c%21c4c%19c(c%18%14)c8c%13c5c%12c8c4c%111)C7C%156)C%17C%23%20)C%1032.[I-].[I-]. The van der Waals surface area contributed by atoms with Crippen LogP contribution < -0.4 is 48.0 Å². The molecular formula is C130H30I2N4. The van der Waals surface area contributed by atoms with Crippen molar-refractivity contribution >= 4 is 431 Å². The molecule has 6 heteroatoms. The van der Waals surface area contributed by atoms with Crippen LogP contribution in [0, 0.1) is 0 Å². The number of nitrogens with zero attached hydrogens (tertiary/aromatic N) is 4. The van der Waals surface area contributed by atoms with Crippen LogP contribution in [0.5, 0.6) is 0 Å². The van der Waals surface area contributed by atoms with Gasteiger partial charge >= 0.3 is 0 Å². The van der Waals surface area contributed by atoms with E-state index in [1.165, 1.54) is 61.3 Å². The molecule has 136 heavy (non-hydrogen) atoms. The second-order valence-corrected chi connectivity index (χ2v) is 53.4. The van der Waals surface area contributed by atoms with Crippen LogP contribution in [0.25, 0.3) is 453 Å². The van der Waals surface area contributed by atoms with E-state index in [9.17, 15) is 0 Å². The molecule has 12 unspecified atom stereocenters. The number of halogens is 2. The summed E-state index contributed by atoms with van der Waals surface area (Å²) in [7, 11) is 5.67. The third-order valence-electron chi connectivity index (χ3n) is 54.4. The summed E-state index contributed by atoms with van der Waals surface area (Å²) in [5.74, 6) is 3.50. The highest BCUT2D eigenvalue weighted by atomic mass is 127. The van der Waals surface area contributed by atoms with Crippen LogP contribution in [0.1, 0.15) is 181 Å². The van der Waals surface area contributed by atoms with E-state index in [1.807, 2.05) is 134 Å². The second-order valence-electron chi connectivity index (χ2n) is 53.4. The van der Waals surface area contributed by atoms with Gasteiger partial charge in [-0.05, 0) is 499 Å². The topological polar surface area (TPSA) is 6.48 Å². The molecule has 40 aromatic carbocycles. The van der Waals surface area contributed by atoms with E-state index in [4.69, 9.17) is 0 Å². The average Bonchev–Trinajstić information content (AvgIpc) is 1.38. The molecule has 4 spiro atoms. The zero-order chi connectivity index (χ0) is 78.8. The molecule has 0 amide bonds. The summed E-state index contributed by atoms with van der Waals surface area (Å²) >= 11 is 0. The van der Waals surface area contributed by atoms with E-state index >= 15 is 0 Å². The maximum Gasteiger partial charge on any atom is 0.180 e. The quantitative estimate of drug-likeness (QED) is 0.0848. The smallest absolute Gasteiger partial charge is 0.180 e. The number of fused-ring (bicyclic) bond motifs is 4. The van der Waals surface area contributed by atoms with E-state index in [0.29, 0.717) is 47.3 Å². The standard InChI is InChI=1S/2C65H15N2.2HI/c2*1-67-4-2-66(3-5-67)64-60-52-44-34-24-16-8-6-7-10-14-12(8)20-28-22(14)32-26-18(10)19-11(7)15-13-9(6)17(16)25-31-21(13)29-23(15)33-27(19)37-36(26)48-42(32)50-40(28)46(38(44)30(20)24)54(60)56(50)62-58(48)59-49(37)43(33)51-41(29)47-39(31)45(35(25)34)53(52)61(64)55(47)57(51)63(59)65(62,64)67;;/h2*8,12,21,31H,2-5H2,1H3;2*1H/q2*+1;;/p-2. The van der Waals surface area contributed by atoms with E-state index in [-0.39, 0.29) is 70.1 Å². The van der Waals surface area contributed by atoms with E-state index in [1.54, 1.807) is 453 Å². The molecule has 6 saturated heterocycles. The Balaban J connectivity index is 0.0000000888. The number of likely N-dealkylation sites (N-methyl/N-ethyl adjacent to an activating group) is 2. The molecule has 6 fully saturated rings. The summed E-state index contributed by atoms with van der Waals surface area (Å²) in [5, 5.41) is 140. The van der Waals surface area contributed by atoms with Gasteiger partial charge in [0.1, 0.15) is 11.1 Å². The lowest BCUT2D eigenvalue weighted by molar-refractivity contribution is -0.983. The molecule has 6 heterocycles. The molecule has 4 nitrogen and oxygen atoms in total. The van der Waals surface area contributed by atoms with Gasteiger partial charge in [-0.25, -0.2) is 0 Å². The first-order valence-corrected chi connectivity index (χ1v) is 52.3. The number of piperazine rings is 6. The first kappa shape index (κ1) is 53.7. The summed E-state index contributed by atoms with van der Waals surface area (Å²) in [6, 6.07) is 0. The van der Waals surface area contributed by atoms with Gasteiger partial charge in [-0.15, -0.1) is 0 Å². The van der Waals surface area contributed by atoms with Crippen molar-refractivity contribution < 1.29 is 56.9 Å². The van der Waals surface area contributed by atoms with Crippen molar-refractivity contribution in [1.29, 1.82) is 0 Å². The highest BCUT2D eigenvalue weighted by Gasteiger charge is 2.86. The summed E-state index contributed by atoms with van der Waals surface area (Å²) in [4.78, 5) is 6.50. The van der Waals surface area contributed by atoms with E-state index in [2.05, 4.69) is 23.9 Å². The van der Waals surface area contributed by atoms with Gasteiger partial charge in [-0.1, -0.05) is 0 Å². The van der Waals surface area contributed by atoms with Crippen LogP contribution in [0.15, 0.2) is 0 Å². The number of benzene rings is 28. The van der Waals surface area contributed by atoms with Gasteiger partial charge in [0.2, 0.25) is 0 Å². The lowest BCUT2D eigenvalue weighted by atomic mass is 9.53. The highest BCUT2D eigenvalue weighted by molar-refractivity contribution is 6.77. The monoisotopic (exact) mass is 1900 g/mol. The highest BCUT2D eigenvalue weighted by Crippen LogP contribution is 2.95. The van der Waals surface area contributed by atoms with Crippen molar-refractivity contribution in [2.24, 2.45) is 0 Å². The third-order valence-corrected chi connectivity index (χ3v) is 54.4. The molecule has 30 aliphatic rings. The maximum absolute atomic E-state index is 3.25. The van der Waals surface area contributed by atoms with E-state index < -0.39 is 0 Å². The fourth-order valence-electron chi connectivity index (χ4n) is 54.9. The fourth-order valence-corrected chi connectivity index (χ4v) is 54.9. The minimum absolute atomic E-state index is 0. The third kappa shape index (κ3) is 2.83. The Morgan fingerprint density at radius 3 is 0.441 bits per heavy atom. The molecule has 12 atom stereocenters. The predicted molar refractivity (Wildman–Crippen MR) is 542 cm³/mol. The van der Waals surface area contributed by atoms with Crippen molar-refractivity contribution in [1.82, 2.24) is 9.80 Å². The van der Waals surface area contributed by atoms with Crippen LogP contribution in [0.2, 0.25) is 0 Å². The minimum Gasteiger partial charge on any atom is -1.00 e. The van der Waals surface area contributed by atoms with Crippen LogP contribution in [-0.4, -0.2) is 85.2 Å². The molecule has 0 saturated carbocycles. The Bertz CT molecular complexity index is 14300. The summed E-state index contributed by atoms with van der Waals surface area (Å²) in [6.45, 7) is 9.82. The van der Waals surface area contributed by atoms with E-state index in [0.717, 1.165) is 0 Å². The molecule has 0 aromatic heterocycles. The largest absolute Gasteiger partial charge is 1.00 e. The van der Waals surface area contributed by atoms with Crippen molar-refractivity contribution in [2.75, 3.05) is 66.5 Å². The molecule has 4 bridgehead atoms. The van der Waals surface area contributed by atoms with Crippen molar-refractivity contribution in [3.63, 3.8) is 0 Å². The average molecular weight is 1900 g/mol. The molecule has 70 rings (SSSR count). The van der Waals surface area contributed by atoms with Gasteiger partial charge < -0.3 is 56.9 Å². The van der Waals surface area contributed by atoms with Crippen LogP contribution in [-0.2, 0) is 22.2 Å². The molecular weight excluding hydrogens is 1870 g/mol. The minimum atomic E-state index is -0.206. The number of rotatable bonds is 0. The fraction of sp³-hybridized carbons (Fsp3) is 0.169. The van der Waals surface area contributed by atoms with Gasteiger partial charge in [-0.2, -0.15) is 0 Å². The Hall–Kier alpha value is -12.7. The van der Waals surface area contributed by atoms with Crippen LogP contribution >= 0.6 is 0 Å². The Morgan fingerprint density at radius 1 is 0.147 bits per heavy atom. The van der Waals surface area contributed by atoms with Gasteiger partial charge in [0, 0.05) is 161 Å². The number of hydrogen-bond acceptors (Lipinski definition) is 2. The predicted octanol–water partition coefficient (Wildman–Crippen LogP) is 22.9. The normalized spacial score (nSPS) is 32.2. The first-order valence-electron chi connectivity index (χ1n) is 52.3. The lowest BCUT2D eigenvalue weighted by Crippen LogP contribution is -3.00. The van der Waals surface area contributed by atoms with Gasteiger partial charge in [0.25, 0.3) is 0 Å². The molecule has 6 aliphatic heterocycles. The Morgan fingerprint density at radius 2 is 0.257 bits per heavy atom. The molecule has 0 radical (unpaired) electrons. The zero-order valence-corrected chi connectivity index (χ0v) is 75.1. The molecule has 24 aliphatic carbocycles. The summed E-state index contributed by atoms with van der Waals surface area (Å²) < 4.78 is 2.34. The Labute approximate surface area is 782 Å². The van der Waals surface area contributed by atoms with Gasteiger partial charge in [-0.3, -0.25) is 9.80 Å². The Kier molecular flexibility index (Phi) is 4.78. The summed E-state index contributed by atoms with van der Waals surface area (Å²) in [6.07, 6.45) is 0. The zero-order valence-electron chi connectivity index (χ0n) is 70.8. The van der Waals surface area contributed by atoms with Gasteiger partial charge in [0.05, 0.1) is 40.3 Å². The van der Waals surface area contributed by atoms with Crippen LogP contribution in [0.4, 0.5) is 0 Å². The molecule has 584 valence electrons. The maximum atomic E-state index is 3.25. The number of quaternary nitrogens is 2. The first-order chi connectivity index (χ1) is 66.6. The van der Waals surface area contributed by atoms with Crippen molar-refractivity contribution in [2.45, 2.75) is 69.5 Å². The van der Waals surface area contributed by atoms with Crippen molar-refractivity contribution in [3.8, 4) is 22.3 Å². The lowest BCUT2D eigenvalue weighted by Gasteiger charge is -2.71. The second kappa shape index (κ2) is 12.1. The number of hydrogen-bond donors (Lipinski definition) is 0.